The van der Waals surface area contributed by atoms with Gasteiger partial charge in [-0.15, -0.1) is 0 Å². The second-order valence-electron chi connectivity index (χ2n) is 6.15. The number of nitrogens with zero attached hydrogens (tertiary/aromatic N) is 1. The topological polar surface area (TPSA) is 32.7 Å². The van der Waals surface area contributed by atoms with E-state index in [0.29, 0.717) is 18.7 Å². The van der Waals surface area contributed by atoms with E-state index < -0.39 is 17.8 Å². The van der Waals surface area contributed by atoms with E-state index in [1.165, 1.54) is 13.2 Å². The second kappa shape index (κ2) is 9.16. The Bertz CT molecular complexity index is 676. The minimum atomic E-state index is -4.39. The van der Waals surface area contributed by atoms with Gasteiger partial charge in [-0.1, -0.05) is 42.5 Å². The third kappa shape index (κ3) is 5.30. The van der Waals surface area contributed by atoms with E-state index >= 15 is 0 Å². The van der Waals surface area contributed by atoms with Crippen LogP contribution in [0.25, 0.3) is 0 Å². The van der Waals surface area contributed by atoms with Crippen LogP contribution in [-0.2, 0) is 10.9 Å². The van der Waals surface area contributed by atoms with E-state index in [4.69, 9.17) is 4.74 Å². The fraction of sp³-hybridized carbons (Fsp3) is 0.400. The SMILES string of the molecule is COC(CN(CCO)[C@H](C)c1ccccc1)c1cccc(C(F)(F)F)c1. The van der Waals surface area contributed by atoms with E-state index in [9.17, 15) is 18.3 Å². The number of alkyl halides is 3. The van der Waals surface area contributed by atoms with Crippen molar-refractivity contribution in [1.82, 2.24) is 4.90 Å². The number of methoxy groups -OCH3 is 1. The summed E-state index contributed by atoms with van der Waals surface area (Å²) in [5.74, 6) is 0. The van der Waals surface area contributed by atoms with Gasteiger partial charge in [-0.2, -0.15) is 13.2 Å². The summed E-state index contributed by atoms with van der Waals surface area (Å²) >= 11 is 0. The van der Waals surface area contributed by atoms with Gasteiger partial charge in [0.05, 0.1) is 18.3 Å². The van der Waals surface area contributed by atoms with Crippen LogP contribution in [0.15, 0.2) is 54.6 Å². The van der Waals surface area contributed by atoms with Crippen molar-refractivity contribution in [2.45, 2.75) is 25.2 Å². The minimum Gasteiger partial charge on any atom is -0.395 e. The van der Waals surface area contributed by atoms with Gasteiger partial charge in [0.15, 0.2) is 0 Å². The maximum atomic E-state index is 13.0. The molecular formula is C20H24F3NO2. The van der Waals surface area contributed by atoms with Crippen LogP contribution in [-0.4, -0.2) is 36.8 Å². The van der Waals surface area contributed by atoms with Crippen molar-refractivity contribution in [2.75, 3.05) is 26.8 Å². The van der Waals surface area contributed by atoms with Crippen molar-refractivity contribution in [3.63, 3.8) is 0 Å². The first-order chi connectivity index (χ1) is 12.4. The first-order valence-electron chi connectivity index (χ1n) is 8.46. The maximum Gasteiger partial charge on any atom is 0.416 e. The molecule has 0 aliphatic heterocycles. The van der Waals surface area contributed by atoms with Gasteiger partial charge < -0.3 is 9.84 Å². The predicted octanol–water partition coefficient (Wildman–Crippen LogP) is 4.45. The number of aliphatic hydroxyl groups excluding tert-OH is 1. The highest BCUT2D eigenvalue weighted by atomic mass is 19.4. The highest BCUT2D eigenvalue weighted by Gasteiger charge is 2.31. The number of hydrogen-bond acceptors (Lipinski definition) is 3. The largest absolute Gasteiger partial charge is 0.416 e. The van der Waals surface area contributed by atoms with Crippen molar-refractivity contribution >= 4 is 0 Å². The molecule has 2 aromatic rings. The molecular weight excluding hydrogens is 343 g/mol. The number of halogens is 3. The van der Waals surface area contributed by atoms with E-state index in [-0.39, 0.29) is 12.6 Å². The number of benzene rings is 2. The van der Waals surface area contributed by atoms with Gasteiger partial charge in [0.2, 0.25) is 0 Å². The first kappa shape index (κ1) is 20.4. The highest BCUT2D eigenvalue weighted by molar-refractivity contribution is 5.28. The summed E-state index contributed by atoms with van der Waals surface area (Å²) in [5.41, 5.74) is 0.840. The van der Waals surface area contributed by atoms with Crippen LogP contribution in [0.2, 0.25) is 0 Å². The van der Waals surface area contributed by atoms with Gasteiger partial charge in [0.1, 0.15) is 0 Å². The Hall–Kier alpha value is -1.89. The zero-order valence-electron chi connectivity index (χ0n) is 14.9. The van der Waals surface area contributed by atoms with Gasteiger partial charge in [-0.25, -0.2) is 0 Å². The van der Waals surface area contributed by atoms with Crippen LogP contribution in [0.4, 0.5) is 13.2 Å². The molecule has 1 N–H and O–H groups in total. The van der Waals surface area contributed by atoms with Crippen molar-refractivity contribution in [1.29, 1.82) is 0 Å². The average Bonchev–Trinajstić information content (AvgIpc) is 2.64. The molecule has 0 heterocycles. The maximum absolute atomic E-state index is 13.0. The van der Waals surface area contributed by atoms with E-state index in [1.807, 2.05) is 42.2 Å². The number of aliphatic hydroxyl groups is 1. The lowest BCUT2D eigenvalue weighted by Gasteiger charge is -2.32. The Morgan fingerprint density at radius 3 is 2.27 bits per heavy atom. The molecule has 0 aliphatic rings. The molecule has 0 aromatic heterocycles. The Labute approximate surface area is 152 Å². The molecule has 0 saturated carbocycles. The smallest absolute Gasteiger partial charge is 0.395 e. The Morgan fingerprint density at radius 1 is 1.04 bits per heavy atom. The summed E-state index contributed by atoms with van der Waals surface area (Å²) < 4.78 is 44.4. The van der Waals surface area contributed by atoms with Gasteiger partial charge in [-0.3, -0.25) is 4.90 Å². The standard InChI is InChI=1S/C20H24F3NO2/c1-15(16-7-4-3-5-8-16)24(11-12-25)14-19(26-2)17-9-6-10-18(13-17)20(21,22)23/h3-10,13,15,19,25H,11-12,14H2,1-2H3/t15-,19?/m1/s1. The second-order valence-corrected chi connectivity index (χ2v) is 6.15. The lowest BCUT2D eigenvalue weighted by atomic mass is 10.0. The number of ether oxygens (including phenoxy) is 1. The molecule has 142 valence electrons. The summed E-state index contributed by atoms with van der Waals surface area (Å²) in [7, 11) is 1.48. The molecule has 3 nitrogen and oxygen atoms in total. The molecule has 26 heavy (non-hydrogen) atoms. The van der Waals surface area contributed by atoms with Crippen LogP contribution in [0.1, 0.15) is 35.8 Å². The molecule has 0 saturated heterocycles. The van der Waals surface area contributed by atoms with Gasteiger partial charge in [-0.05, 0) is 30.2 Å². The number of rotatable bonds is 8. The lowest BCUT2D eigenvalue weighted by molar-refractivity contribution is -0.137. The Morgan fingerprint density at radius 2 is 1.69 bits per heavy atom. The van der Waals surface area contributed by atoms with Crippen LogP contribution >= 0.6 is 0 Å². The average molecular weight is 367 g/mol. The monoisotopic (exact) mass is 367 g/mol. The normalized spacial score (nSPS) is 14.4. The van der Waals surface area contributed by atoms with Gasteiger partial charge >= 0.3 is 6.18 Å². The molecule has 0 radical (unpaired) electrons. The quantitative estimate of drug-likeness (QED) is 0.748. The molecule has 2 atom stereocenters. The highest BCUT2D eigenvalue weighted by Crippen LogP contribution is 2.32. The summed E-state index contributed by atoms with van der Waals surface area (Å²) in [6, 6.07) is 15.0. The lowest BCUT2D eigenvalue weighted by Crippen LogP contribution is -2.34. The first-order valence-corrected chi connectivity index (χ1v) is 8.46. The van der Waals surface area contributed by atoms with Gasteiger partial charge in [0.25, 0.3) is 0 Å². The van der Waals surface area contributed by atoms with E-state index in [0.717, 1.165) is 17.7 Å². The van der Waals surface area contributed by atoms with Crippen molar-refractivity contribution < 1.29 is 23.0 Å². The van der Waals surface area contributed by atoms with Crippen LogP contribution in [0.3, 0.4) is 0 Å². The van der Waals surface area contributed by atoms with Crippen molar-refractivity contribution in [2.24, 2.45) is 0 Å². The molecule has 0 bridgehead atoms. The number of hydrogen-bond donors (Lipinski definition) is 1. The summed E-state index contributed by atoms with van der Waals surface area (Å²) in [6.45, 7) is 2.73. The van der Waals surface area contributed by atoms with E-state index in [1.54, 1.807) is 6.07 Å². The zero-order valence-corrected chi connectivity index (χ0v) is 14.9. The Kier molecular flexibility index (Phi) is 7.20. The molecule has 1 unspecified atom stereocenters. The third-order valence-corrected chi connectivity index (χ3v) is 4.49. The van der Waals surface area contributed by atoms with Gasteiger partial charge in [0, 0.05) is 26.2 Å². The van der Waals surface area contributed by atoms with Crippen LogP contribution in [0, 0.1) is 0 Å². The molecule has 0 spiro atoms. The molecule has 2 rings (SSSR count). The summed E-state index contributed by atoms with van der Waals surface area (Å²) in [4.78, 5) is 2.00. The summed E-state index contributed by atoms with van der Waals surface area (Å²) in [6.07, 6.45) is -4.92. The van der Waals surface area contributed by atoms with E-state index in [2.05, 4.69) is 0 Å². The van der Waals surface area contributed by atoms with Crippen LogP contribution < -0.4 is 0 Å². The van der Waals surface area contributed by atoms with Crippen molar-refractivity contribution in [3.8, 4) is 0 Å². The predicted molar refractivity (Wildman–Crippen MR) is 94.7 cm³/mol. The minimum absolute atomic E-state index is 0.00759. The molecule has 6 heteroatoms. The Balaban J connectivity index is 2.23. The fourth-order valence-corrected chi connectivity index (χ4v) is 2.96. The van der Waals surface area contributed by atoms with Crippen molar-refractivity contribution in [3.05, 3.63) is 71.3 Å². The molecule has 0 aliphatic carbocycles. The molecule has 0 amide bonds. The third-order valence-electron chi connectivity index (χ3n) is 4.49. The van der Waals surface area contributed by atoms with Crippen LogP contribution in [0.5, 0.6) is 0 Å². The zero-order chi connectivity index (χ0) is 19.2. The molecule has 0 fully saturated rings. The summed E-state index contributed by atoms with van der Waals surface area (Å²) in [5, 5.41) is 9.41. The molecule has 2 aromatic carbocycles. The fourth-order valence-electron chi connectivity index (χ4n) is 2.96.